The summed E-state index contributed by atoms with van der Waals surface area (Å²) < 4.78 is 11.4. The maximum Gasteiger partial charge on any atom is 0.238 e. The SMILES string of the molecule is O=C(CN1CCCCC1C1OCCO1)Nc1ccc(N2CCCCCC2)cc1. The second kappa shape index (κ2) is 9.72. The Labute approximate surface area is 168 Å². The molecule has 3 fully saturated rings. The van der Waals surface area contributed by atoms with Crippen molar-refractivity contribution < 1.29 is 14.3 Å². The van der Waals surface area contributed by atoms with Crippen molar-refractivity contribution in [2.45, 2.75) is 57.3 Å². The molecule has 3 heterocycles. The quantitative estimate of drug-likeness (QED) is 0.841. The van der Waals surface area contributed by atoms with Crippen LogP contribution < -0.4 is 10.2 Å². The van der Waals surface area contributed by atoms with Gasteiger partial charge in [-0.2, -0.15) is 0 Å². The highest BCUT2D eigenvalue weighted by atomic mass is 16.7. The molecule has 1 amide bonds. The van der Waals surface area contributed by atoms with Crippen molar-refractivity contribution in [2.75, 3.05) is 49.6 Å². The number of hydrogen-bond acceptors (Lipinski definition) is 5. The van der Waals surface area contributed by atoms with Crippen molar-refractivity contribution >= 4 is 17.3 Å². The second-order valence-electron chi connectivity index (χ2n) is 8.14. The second-order valence-corrected chi connectivity index (χ2v) is 8.14. The molecule has 6 nitrogen and oxygen atoms in total. The van der Waals surface area contributed by atoms with Crippen molar-refractivity contribution in [1.82, 2.24) is 4.90 Å². The number of anilines is 2. The lowest BCUT2D eigenvalue weighted by Gasteiger charge is -2.37. The van der Waals surface area contributed by atoms with E-state index in [-0.39, 0.29) is 18.2 Å². The van der Waals surface area contributed by atoms with E-state index in [2.05, 4.69) is 27.2 Å². The molecule has 28 heavy (non-hydrogen) atoms. The van der Waals surface area contributed by atoms with Crippen LogP contribution in [0.3, 0.4) is 0 Å². The van der Waals surface area contributed by atoms with Gasteiger partial charge in [-0.15, -0.1) is 0 Å². The molecule has 0 bridgehead atoms. The number of rotatable bonds is 5. The highest BCUT2D eigenvalue weighted by molar-refractivity contribution is 5.92. The van der Waals surface area contributed by atoms with E-state index in [1.54, 1.807) is 0 Å². The summed E-state index contributed by atoms with van der Waals surface area (Å²) in [6.45, 7) is 4.90. The molecule has 3 aliphatic heterocycles. The normalized spacial score (nSPS) is 24.9. The fourth-order valence-corrected chi connectivity index (χ4v) is 4.59. The monoisotopic (exact) mass is 387 g/mol. The molecule has 154 valence electrons. The molecule has 0 spiro atoms. The maximum atomic E-state index is 12.6. The highest BCUT2D eigenvalue weighted by Crippen LogP contribution is 2.25. The average molecular weight is 388 g/mol. The molecule has 3 aliphatic rings. The zero-order valence-corrected chi connectivity index (χ0v) is 16.8. The minimum atomic E-state index is -0.180. The Balaban J connectivity index is 1.31. The van der Waals surface area contributed by atoms with E-state index < -0.39 is 0 Å². The largest absolute Gasteiger partial charge is 0.372 e. The van der Waals surface area contributed by atoms with E-state index in [1.807, 2.05) is 12.1 Å². The topological polar surface area (TPSA) is 54.0 Å². The highest BCUT2D eigenvalue weighted by Gasteiger charge is 2.34. The van der Waals surface area contributed by atoms with Gasteiger partial charge in [0.15, 0.2) is 6.29 Å². The smallest absolute Gasteiger partial charge is 0.238 e. The number of nitrogens with one attached hydrogen (secondary N) is 1. The van der Waals surface area contributed by atoms with Gasteiger partial charge in [0.2, 0.25) is 5.91 Å². The summed E-state index contributed by atoms with van der Waals surface area (Å²) >= 11 is 0. The van der Waals surface area contributed by atoms with Crippen molar-refractivity contribution in [1.29, 1.82) is 0 Å². The van der Waals surface area contributed by atoms with Gasteiger partial charge in [0.1, 0.15) is 0 Å². The molecular formula is C22H33N3O3. The van der Waals surface area contributed by atoms with Gasteiger partial charge >= 0.3 is 0 Å². The molecule has 1 aromatic rings. The number of ether oxygens (including phenoxy) is 2. The predicted molar refractivity (Wildman–Crippen MR) is 111 cm³/mol. The summed E-state index contributed by atoms with van der Waals surface area (Å²) in [4.78, 5) is 17.3. The molecule has 0 radical (unpaired) electrons. The third-order valence-corrected chi connectivity index (χ3v) is 6.09. The predicted octanol–water partition coefficient (Wildman–Crippen LogP) is 3.23. The van der Waals surface area contributed by atoms with E-state index in [0.717, 1.165) is 38.2 Å². The number of piperidine rings is 1. The van der Waals surface area contributed by atoms with E-state index in [0.29, 0.717) is 19.8 Å². The number of carbonyl (C=O) groups is 1. The molecule has 6 heteroatoms. The van der Waals surface area contributed by atoms with Gasteiger partial charge in [0, 0.05) is 24.5 Å². The third kappa shape index (κ3) is 5.04. The molecule has 1 atom stereocenters. The van der Waals surface area contributed by atoms with Crippen molar-refractivity contribution in [3.8, 4) is 0 Å². The van der Waals surface area contributed by atoms with E-state index in [4.69, 9.17) is 9.47 Å². The molecular weight excluding hydrogens is 354 g/mol. The molecule has 4 rings (SSSR count). The van der Waals surface area contributed by atoms with Crippen LogP contribution in [0.4, 0.5) is 11.4 Å². The number of amides is 1. The van der Waals surface area contributed by atoms with Gasteiger partial charge in [0.25, 0.3) is 0 Å². The summed E-state index contributed by atoms with van der Waals surface area (Å²) in [5.74, 6) is 0.0346. The first kappa shape index (κ1) is 19.7. The molecule has 3 saturated heterocycles. The third-order valence-electron chi connectivity index (χ3n) is 6.09. The Morgan fingerprint density at radius 2 is 1.61 bits per heavy atom. The molecule has 0 saturated carbocycles. The fraction of sp³-hybridized carbons (Fsp3) is 0.682. The number of nitrogens with zero attached hydrogens (tertiary/aromatic N) is 2. The van der Waals surface area contributed by atoms with Crippen molar-refractivity contribution in [2.24, 2.45) is 0 Å². The molecule has 1 aromatic carbocycles. The lowest BCUT2D eigenvalue weighted by atomic mass is 10.0. The zero-order valence-electron chi connectivity index (χ0n) is 16.8. The van der Waals surface area contributed by atoms with E-state index >= 15 is 0 Å². The number of hydrogen-bond donors (Lipinski definition) is 1. The van der Waals surface area contributed by atoms with Gasteiger partial charge < -0.3 is 19.7 Å². The van der Waals surface area contributed by atoms with Gasteiger partial charge in [-0.25, -0.2) is 0 Å². The Morgan fingerprint density at radius 1 is 0.929 bits per heavy atom. The summed E-state index contributed by atoms with van der Waals surface area (Å²) in [7, 11) is 0. The molecule has 0 aromatic heterocycles. The van der Waals surface area contributed by atoms with Crippen molar-refractivity contribution in [3.05, 3.63) is 24.3 Å². The Bertz CT molecular complexity index is 622. The Kier molecular flexibility index (Phi) is 6.83. The maximum absolute atomic E-state index is 12.6. The van der Waals surface area contributed by atoms with Crippen LogP contribution in [-0.4, -0.2) is 62.5 Å². The lowest BCUT2D eigenvalue weighted by molar-refractivity contribution is -0.127. The van der Waals surface area contributed by atoms with Crippen LogP contribution in [0.5, 0.6) is 0 Å². The van der Waals surface area contributed by atoms with Crippen LogP contribution in [0.2, 0.25) is 0 Å². The number of carbonyl (C=O) groups excluding carboxylic acids is 1. The first-order valence-electron chi connectivity index (χ1n) is 10.9. The van der Waals surface area contributed by atoms with Gasteiger partial charge in [-0.1, -0.05) is 19.3 Å². The summed E-state index contributed by atoms with van der Waals surface area (Å²) in [5, 5.41) is 3.06. The molecule has 1 unspecified atom stereocenters. The Hall–Kier alpha value is -1.63. The first-order valence-corrected chi connectivity index (χ1v) is 10.9. The fourth-order valence-electron chi connectivity index (χ4n) is 4.59. The zero-order chi connectivity index (χ0) is 19.2. The minimum Gasteiger partial charge on any atom is -0.372 e. The lowest BCUT2D eigenvalue weighted by Crippen LogP contribution is -2.50. The van der Waals surface area contributed by atoms with Crippen LogP contribution in [0, 0.1) is 0 Å². The average Bonchev–Trinajstić information content (AvgIpc) is 3.11. The standard InChI is InChI=1S/C22H33N3O3/c26-21(17-25-14-6-3-7-20(25)22-27-15-16-28-22)23-18-8-10-19(11-9-18)24-12-4-1-2-5-13-24/h8-11,20,22H,1-7,12-17H2,(H,23,26). The minimum absolute atomic E-state index is 0.0346. The van der Waals surface area contributed by atoms with E-state index in [1.165, 1.54) is 37.8 Å². The molecule has 0 aliphatic carbocycles. The first-order chi connectivity index (χ1) is 13.8. The van der Waals surface area contributed by atoms with Gasteiger partial charge in [-0.3, -0.25) is 9.69 Å². The van der Waals surface area contributed by atoms with Gasteiger partial charge in [-0.05, 0) is 56.5 Å². The number of benzene rings is 1. The van der Waals surface area contributed by atoms with E-state index in [9.17, 15) is 4.79 Å². The Morgan fingerprint density at radius 3 is 2.32 bits per heavy atom. The van der Waals surface area contributed by atoms with Crippen molar-refractivity contribution in [3.63, 3.8) is 0 Å². The molecule has 1 N–H and O–H groups in total. The summed E-state index contributed by atoms with van der Waals surface area (Å²) in [6.07, 6.45) is 8.35. The van der Waals surface area contributed by atoms with Crippen LogP contribution >= 0.6 is 0 Å². The van der Waals surface area contributed by atoms with Crippen LogP contribution in [-0.2, 0) is 14.3 Å². The van der Waals surface area contributed by atoms with Crippen LogP contribution in [0.25, 0.3) is 0 Å². The van der Waals surface area contributed by atoms with Crippen LogP contribution in [0.15, 0.2) is 24.3 Å². The summed E-state index contributed by atoms with van der Waals surface area (Å²) in [5.41, 5.74) is 2.12. The summed E-state index contributed by atoms with van der Waals surface area (Å²) in [6, 6.07) is 8.49. The number of likely N-dealkylation sites (tertiary alicyclic amines) is 1. The van der Waals surface area contributed by atoms with Gasteiger partial charge in [0.05, 0.1) is 25.8 Å². The van der Waals surface area contributed by atoms with Crippen LogP contribution in [0.1, 0.15) is 44.9 Å².